The van der Waals surface area contributed by atoms with Crippen LogP contribution < -0.4 is 5.32 Å². The second-order valence-corrected chi connectivity index (χ2v) is 4.79. The van der Waals surface area contributed by atoms with Crippen molar-refractivity contribution in [3.63, 3.8) is 0 Å². The zero-order valence-corrected chi connectivity index (χ0v) is 12.7. The molecule has 0 aliphatic heterocycles. The number of anilines is 1. The van der Waals surface area contributed by atoms with Crippen molar-refractivity contribution in [3.8, 4) is 0 Å². The highest BCUT2D eigenvalue weighted by atomic mass is 16.5. The summed E-state index contributed by atoms with van der Waals surface area (Å²) in [6.07, 6.45) is 5.19. The van der Waals surface area contributed by atoms with Gasteiger partial charge in [-0.25, -0.2) is 9.97 Å². The molecule has 108 valence electrons. The Kier molecular flexibility index (Phi) is 7.41. The summed E-state index contributed by atoms with van der Waals surface area (Å²) < 4.78 is 5.52. The number of hydrogen-bond acceptors (Lipinski definition) is 4. The zero-order valence-electron chi connectivity index (χ0n) is 12.7. The summed E-state index contributed by atoms with van der Waals surface area (Å²) in [7, 11) is 1.73. The molecule has 4 nitrogen and oxygen atoms in total. The van der Waals surface area contributed by atoms with E-state index >= 15 is 0 Å². The maximum atomic E-state index is 5.52. The van der Waals surface area contributed by atoms with Crippen LogP contribution >= 0.6 is 0 Å². The number of rotatable bonds is 9. The maximum absolute atomic E-state index is 5.52. The molecule has 4 heteroatoms. The Labute approximate surface area is 117 Å². The van der Waals surface area contributed by atoms with Gasteiger partial charge in [0.25, 0.3) is 0 Å². The predicted octanol–water partition coefficient (Wildman–Crippen LogP) is 3.74. The normalized spacial score (nSPS) is 12.4. The van der Waals surface area contributed by atoms with Crippen molar-refractivity contribution in [2.45, 2.75) is 59.0 Å². The fourth-order valence-corrected chi connectivity index (χ4v) is 2.00. The third-order valence-electron chi connectivity index (χ3n) is 2.98. The van der Waals surface area contributed by atoms with E-state index in [0.29, 0.717) is 0 Å². The number of aryl methyl sites for hydroxylation is 1. The number of nitrogens with one attached hydrogen (secondary N) is 1. The SMILES string of the molecule is CCCNc1cc(CCC)nc(C(CCC)OC)n1. The first-order valence-electron chi connectivity index (χ1n) is 7.39. The van der Waals surface area contributed by atoms with Crippen LogP contribution in [-0.4, -0.2) is 23.6 Å². The molecule has 0 fully saturated rings. The smallest absolute Gasteiger partial charge is 0.159 e. The zero-order chi connectivity index (χ0) is 14.1. The highest BCUT2D eigenvalue weighted by molar-refractivity contribution is 5.36. The monoisotopic (exact) mass is 265 g/mol. The molecule has 1 N–H and O–H groups in total. The molecule has 0 spiro atoms. The van der Waals surface area contributed by atoms with Gasteiger partial charge in [0.15, 0.2) is 5.82 Å². The van der Waals surface area contributed by atoms with E-state index < -0.39 is 0 Å². The molecular weight excluding hydrogens is 238 g/mol. The first-order chi connectivity index (χ1) is 9.24. The average Bonchev–Trinajstić information content (AvgIpc) is 2.42. The standard InChI is InChI=1S/C15H27N3O/c1-5-8-12-11-14(16-10-7-3)18-15(17-12)13(19-4)9-6-2/h11,13H,5-10H2,1-4H3,(H,16,17,18). The second-order valence-electron chi connectivity index (χ2n) is 4.79. The van der Waals surface area contributed by atoms with Gasteiger partial charge in [-0.3, -0.25) is 0 Å². The van der Waals surface area contributed by atoms with Crippen LogP contribution in [0, 0.1) is 0 Å². The van der Waals surface area contributed by atoms with Gasteiger partial charge in [-0.15, -0.1) is 0 Å². The molecule has 1 heterocycles. The van der Waals surface area contributed by atoms with Gasteiger partial charge >= 0.3 is 0 Å². The van der Waals surface area contributed by atoms with E-state index in [9.17, 15) is 0 Å². The largest absolute Gasteiger partial charge is 0.373 e. The Hall–Kier alpha value is -1.16. The topological polar surface area (TPSA) is 47.0 Å². The lowest BCUT2D eigenvalue weighted by Gasteiger charge is -2.15. The summed E-state index contributed by atoms with van der Waals surface area (Å²) >= 11 is 0. The summed E-state index contributed by atoms with van der Waals surface area (Å²) in [5.41, 5.74) is 1.10. The van der Waals surface area contributed by atoms with Gasteiger partial charge in [0.2, 0.25) is 0 Å². The van der Waals surface area contributed by atoms with Gasteiger partial charge < -0.3 is 10.1 Å². The van der Waals surface area contributed by atoms with Crippen molar-refractivity contribution in [3.05, 3.63) is 17.6 Å². The minimum atomic E-state index is 0.00369. The summed E-state index contributed by atoms with van der Waals surface area (Å²) in [5, 5.41) is 3.35. The lowest BCUT2D eigenvalue weighted by Crippen LogP contribution is -2.12. The minimum Gasteiger partial charge on any atom is -0.373 e. The average molecular weight is 265 g/mol. The predicted molar refractivity (Wildman–Crippen MR) is 79.5 cm³/mol. The van der Waals surface area contributed by atoms with Crippen molar-refractivity contribution in [1.82, 2.24) is 9.97 Å². The van der Waals surface area contributed by atoms with Gasteiger partial charge in [-0.05, 0) is 19.3 Å². The van der Waals surface area contributed by atoms with E-state index in [2.05, 4.69) is 42.1 Å². The van der Waals surface area contributed by atoms with Crippen LogP contribution in [0.2, 0.25) is 0 Å². The third-order valence-corrected chi connectivity index (χ3v) is 2.98. The van der Waals surface area contributed by atoms with Crippen molar-refractivity contribution < 1.29 is 4.74 Å². The molecule has 0 saturated carbocycles. The molecule has 1 atom stereocenters. The van der Waals surface area contributed by atoms with E-state index in [1.165, 1.54) is 0 Å². The van der Waals surface area contributed by atoms with E-state index in [4.69, 9.17) is 4.74 Å². The molecule has 0 aromatic carbocycles. The Morgan fingerprint density at radius 1 is 1.16 bits per heavy atom. The van der Waals surface area contributed by atoms with Gasteiger partial charge in [-0.1, -0.05) is 33.6 Å². The Morgan fingerprint density at radius 2 is 1.95 bits per heavy atom. The Bertz CT molecular complexity index is 368. The molecule has 19 heavy (non-hydrogen) atoms. The van der Waals surface area contributed by atoms with E-state index in [0.717, 1.165) is 56.0 Å². The molecule has 1 aromatic rings. The molecule has 1 unspecified atom stereocenters. The third kappa shape index (κ3) is 5.15. The number of ether oxygens (including phenoxy) is 1. The molecule has 0 aliphatic rings. The molecule has 1 aromatic heterocycles. The fraction of sp³-hybridized carbons (Fsp3) is 0.733. The maximum Gasteiger partial charge on any atom is 0.159 e. The molecule has 0 saturated heterocycles. The highest BCUT2D eigenvalue weighted by Crippen LogP contribution is 2.21. The van der Waals surface area contributed by atoms with Crippen LogP contribution in [0.1, 0.15) is 64.1 Å². The molecule has 1 rings (SSSR count). The molecular formula is C15H27N3O. The first-order valence-corrected chi connectivity index (χ1v) is 7.39. The highest BCUT2D eigenvalue weighted by Gasteiger charge is 2.14. The Balaban J connectivity index is 2.96. The summed E-state index contributed by atoms with van der Waals surface area (Å²) in [6.45, 7) is 7.41. The van der Waals surface area contributed by atoms with Gasteiger partial charge in [0.05, 0.1) is 0 Å². The minimum absolute atomic E-state index is 0.00369. The molecule has 0 bridgehead atoms. The van der Waals surface area contributed by atoms with E-state index in [1.807, 2.05) is 0 Å². The number of hydrogen-bond donors (Lipinski definition) is 1. The first kappa shape index (κ1) is 15.9. The summed E-state index contributed by atoms with van der Waals surface area (Å²) in [5.74, 6) is 1.74. The lowest BCUT2D eigenvalue weighted by atomic mass is 10.2. The van der Waals surface area contributed by atoms with Crippen LogP contribution in [0.3, 0.4) is 0 Å². The van der Waals surface area contributed by atoms with Crippen LogP contribution in [-0.2, 0) is 11.2 Å². The quantitative estimate of drug-likeness (QED) is 0.739. The molecule has 0 aliphatic carbocycles. The van der Waals surface area contributed by atoms with Gasteiger partial charge in [0, 0.05) is 25.4 Å². The number of nitrogens with zero attached hydrogens (tertiary/aromatic N) is 2. The van der Waals surface area contributed by atoms with E-state index in [-0.39, 0.29) is 6.10 Å². The lowest BCUT2D eigenvalue weighted by molar-refractivity contribution is 0.0875. The number of aromatic nitrogens is 2. The van der Waals surface area contributed by atoms with Crippen molar-refractivity contribution in [1.29, 1.82) is 0 Å². The van der Waals surface area contributed by atoms with Crippen molar-refractivity contribution >= 4 is 5.82 Å². The molecule has 0 radical (unpaired) electrons. The van der Waals surface area contributed by atoms with Crippen LogP contribution in [0.4, 0.5) is 5.82 Å². The van der Waals surface area contributed by atoms with Crippen LogP contribution in [0.15, 0.2) is 6.07 Å². The van der Waals surface area contributed by atoms with E-state index in [1.54, 1.807) is 7.11 Å². The van der Waals surface area contributed by atoms with Crippen molar-refractivity contribution in [2.75, 3.05) is 19.0 Å². The molecule has 0 amide bonds. The van der Waals surface area contributed by atoms with Gasteiger partial charge in [0.1, 0.15) is 11.9 Å². The van der Waals surface area contributed by atoms with Gasteiger partial charge in [-0.2, -0.15) is 0 Å². The van der Waals surface area contributed by atoms with Crippen molar-refractivity contribution in [2.24, 2.45) is 0 Å². The van der Waals surface area contributed by atoms with Crippen LogP contribution in [0.25, 0.3) is 0 Å². The summed E-state index contributed by atoms with van der Waals surface area (Å²) in [6, 6.07) is 2.06. The second kappa shape index (κ2) is 8.86. The summed E-state index contributed by atoms with van der Waals surface area (Å²) in [4.78, 5) is 9.24. The Morgan fingerprint density at radius 3 is 2.53 bits per heavy atom. The van der Waals surface area contributed by atoms with Crippen LogP contribution in [0.5, 0.6) is 0 Å². The number of methoxy groups -OCH3 is 1. The fourth-order valence-electron chi connectivity index (χ4n) is 2.00.